The van der Waals surface area contributed by atoms with Crippen LogP contribution < -0.4 is 46.9 Å². The van der Waals surface area contributed by atoms with Crippen LogP contribution in [0, 0.1) is 0 Å². The van der Waals surface area contributed by atoms with Gasteiger partial charge in [0.25, 0.3) is 6.71 Å². The third kappa shape index (κ3) is 13.8. The summed E-state index contributed by atoms with van der Waals surface area (Å²) < 4.78 is 2.59. The van der Waals surface area contributed by atoms with Crippen LogP contribution in [0.3, 0.4) is 0 Å². The molecule has 16 aromatic carbocycles. The first-order valence-corrected chi connectivity index (χ1v) is 45.3. The van der Waals surface area contributed by atoms with Gasteiger partial charge in [-0.05, 0) is 215 Å². The van der Waals surface area contributed by atoms with Crippen molar-refractivity contribution in [1.29, 1.82) is 0 Å². The van der Waals surface area contributed by atoms with Crippen LogP contribution in [0.1, 0.15) is 132 Å². The number of benzene rings is 16. The minimum absolute atomic E-state index is 0.0226. The molecule has 0 fully saturated rings. The lowest BCUT2D eigenvalue weighted by atomic mass is 9.33. The normalized spacial score (nSPS) is 13.0. The van der Waals surface area contributed by atoms with Gasteiger partial charge in [-0.2, -0.15) is 0 Å². The third-order valence-corrected chi connectivity index (χ3v) is 30.7. The van der Waals surface area contributed by atoms with Gasteiger partial charge in [0, 0.05) is 61.5 Å². The lowest BCUT2D eigenvalue weighted by Gasteiger charge is -2.47. The molecule has 2 aliphatic rings. The van der Waals surface area contributed by atoms with Gasteiger partial charge in [0.1, 0.15) is 0 Å². The number of rotatable bonds is 13. The minimum atomic E-state index is -3.27. The molecule has 0 bridgehead atoms. The second-order valence-electron chi connectivity index (χ2n) is 38.9. The quantitative estimate of drug-likeness (QED) is 0.0842. The highest BCUT2D eigenvalue weighted by Gasteiger charge is 2.49. The predicted octanol–water partition coefficient (Wildman–Crippen LogP) is 26.7. The maximum Gasteiger partial charge on any atom is 0.252 e. The van der Waals surface area contributed by atoms with E-state index in [1.807, 2.05) is 0 Å². The molecule has 592 valence electrons. The van der Waals surface area contributed by atoms with Gasteiger partial charge >= 0.3 is 0 Å². The molecule has 5 heteroatoms. The van der Waals surface area contributed by atoms with Gasteiger partial charge < -0.3 is 14.4 Å². The number of fused-ring (bicyclic) bond motifs is 7. The summed E-state index contributed by atoms with van der Waals surface area (Å²) in [5.41, 5.74) is 33.5. The van der Waals surface area contributed by atoms with Crippen molar-refractivity contribution in [2.45, 2.75) is 131 Å². The highest BCUT2D eigenvalue weighted by atomic mass is 28.3. The smallest absolute Gasteiger partial charge is 0.252 e. The number of anilines is 6. The molecule has 0 N–H and O–H groups in total. The predicted molar refractivity (Wildman–Crippen MR) is 525 cm³/mol. The molecular formula is C116H106BN3Si. The summed E-state index contributed by atoms with van der Waals surface area (Å²) in [5.74, 6) is 0. The average molecular weight is 1580 g/mol. The van der Waals surface area contributed by atoms with Gasteiger partial charge in [-0.3, -0.25) is 0 Å². The lowest BCUT2D eigenvalue weighted by molar-refractivity contribution is 0.590. The van der Waals surface area contributed by atoms with Crippen molar-refractivity contribution in [3.63, 3.8) is 0 Å². The molecule has 0 saturated heterocycles. The van der Waals surface area contributed by atoms with Crippen LogP contribution in [0.15, 0.2) is 370 Å². The fourth-order valence-corrected chi connectivity index (χ4v) is 24.1. The zero-order valence-electron chi connectivity index (χ0n) is 72.6. The number of hydrogen-bond donors (Lipinski definition) is 0. The molecule has 0 amide bonds. The summed E-state index contributed by atoms with van der Waals surface area (Å²) in [6, 6.07) is 144. The first-order chi connectivity index (χ1) is 58.2. The van der Waals surface area contributed by atoms with E-state index in [1.54, 1.807) is 0 Å². The number of hydrogen-bond acceptors (Lipinski definition) is 2. The second kappa shape index (κ2) is 29.9. The van der Waals surface area contributed by atoms with Crippen molar-refractivity contribution in [3.8, 4) is 72.4 Å². The Hall–Kier alpha value is -12.8. The van der Waals surface area contributed by atoms with Crippen LogP contribution >= 0.6 is 0 Å². The topological polar surface area (TPSA) is 11.4 Å². The van der Waals surface area contributed by atoms with Crippen LogP contribution in [0.4, 0.5) is 34.1 Å². The number of nitrogens with zero attached hydrogens (tertiary/aromatic N) is 3. The van der Waals surface area contributed by atoms with Gasteiger partial charge in [0.2, 0.25) is 0 Å². The Kier molecular flexibility index (Phi) is 19.3. The molecule has 19 rings (SSSR count). The van der Waals surface area contributed by atoms with Crippen molar-refractivity contribution in [2.75, 3.05) is 9.80 Å². The Morgan fingerprint density at radius 1 is 0.223 bits per heavy atom. The molecule has 17 aromatic rings. The maximum atomic E-state index is 2.77. The molecule has 0 spiro atoms. The first-order valence-electron chi connectivity index (χ1n) is 43.3. The summed E-state index contributed by atoms with van der Waals surface area (Å²) in [4.78, 5) is 5.53. The van der Waals surface area contributed by atoms with Crippen molar-refractivity contribution in [1.82, 2.24) is 4.57 Å². The second-order valence-corrected chi connectivity index (χ2v) is 42.7. The molecule has 1 aromatic heterocycles. The van der Waals surface area contributed by atoms with Crippen molar-refractivity contribution >= 4 is 108 Å². The number of aromatic nitrogens is 1. The maximum absolute atomic E-state index is 3.27. The zero-order valence-corrected chi connectivity index (χ0v) is 73.6. The Morgan fingerprint density at radius 2 is 0.554 bits per heavy atom. The van der Waals surface area contributed by atoms with Crippen LogP contribution in [-0.4, -0.2) is 19.4 Å². The Morgan fingerprint density at radius 3 is 0.901 bits per heavy atom. The summed E-state index contributed by atoms with van der Waals surface area (Å²) >= 11 is 0. The van der Waals surface area contributed by atoms with Gasteiger partial charge in [-0.25, -0.2) is 0 Å². The van der Waals surface area contributed by atoms with E-state index < -0.39 is 8.07 Å². The van der Waals surface area contributed by atoms with E-state index in [0.717, 1.165) is 95.4 Å². The largest absolute Gasteiger partial charge is 0.310 e. The van der Waals surface area contributed by atoms with Gasteiger partial charge in [0.05, 0.1) is 22.4 Å². The summed E-state index contributed by atoms with van der Waals surface area (Å²) in [6.45, 7) is 34.8. The Balaban J connectivity index is 1.01. The molecule has 2 aliphatic heterocycles. The minimum Gasteiger partial charge on any atom is -0.310 e. The van der Waals surface area contributed by atoms with E-state index in [4.69, 9.17) is 0 Å². The van der Waals surface area contributed by atoms with Gasteiger partial charge in [-0.15, -0.1) is 0 Å². The van der Waals surface area contributed by atoms with E-state index in [2.05, 4.69) is 488 Å². The summed E-state index contributed by atoms with van der Waals surface area (Å²) in [7, 11) is -3.27. The third-order valence-electron chi connectivity index (χ3n) is 25.9. The molecular weight excluding hydrogens is 1470 g/mol. The van der Waals surface area contributed by atoms with Crippen molar-refractivity contribution in [3.05, 3.63) is 398 Å². The zero-order chi connectivity index (χ0) is 83.7. The van der Waals surface area contributed by atoms with E-state index in [0.29, 0.717) is 0 Å². The standard InChI is InChI=1S/C116H106BN3Si/c1-112(2,3)85-55-51-77(52-56-85)83-67-95(79-37-23-16-24-38-79)110(96(68-83)80-39-25-17-26-40-80)119-105-66-62-94(121(91-45-31-20-32-46-91,92-47-33-21-34-48-92)93-49-35-22-36-50-93)76-102(105)117-101-63-61-90(118-103-64-59-87(114(7,8)9)71-99(103)100-72-88(115(10,11)12)60-65-104(100)118)75-106(101)120(108-74-89(116(13,14)15)73-107(119)109(108)117)111-97(81-41-27-18-28-42-81)69-84(70-98(111)82-43-29-19-30-44-82)78-53-57-86(58-54-78)113(4,5)6/h16-76H,1-15H3. The molecule has 0 radical (unpaired) electrons. The average Bonchev–Trinajstić information content (AvgIpc) is 0.723. The van der Waals surface area contributed by atoms with E-state index in [1.165, 1.54) is 97.9 Å². The van der Waals surface area contributed by atoms with E-state index in [-0.39, 0.29) is 33.8 Å². The molecule has 0 aliphatic carbocycles. The van der Waals surface area contributed by atoms with Gasteiger partial charge in [-0.1, -0.05) is 395 Å². The fourth-order valence-electron chi connectivity index (χ4n) is 19.3. The first kappa shape index (κ1) is 78.1. The molecule has 0 saturated carbocycles. The summed E-state index contributed by atoms with van der Waals surface area (Å²) in [6.07, 6.45) is 0. The van der Waals surface area contributed by atoms with E-state index in [9.17, 15) is 0 Å². The molecule has 0 unspecified atom stereocenters. The monoisotopic (exact) mass is 1580 g/mol. The molecule has 0 atom stereocenters. The molecule has 121 heavy (non-hydrogen) atoms. The summed E-state index contributed by atoms with van der Waals surface area (Å²) in [5, 5.41) is 7.79. The van der Waals surface area contributed by atoms with Crippen LogP contribution in [0.2, 0.25) is 0 Å². The Bertz CT molecular complexity index is 6490. The fraction of sp³-hybridized carbons (Fsp3) is 0.172. The molecule has 3 nitrogen and oxygen atoms in total. The van der Waals surface area contributed by atoms with Crippen molar-refractivity contribution in [2.24, 2.45) is 0 Å². The lowest BCUT2D eigenvalue weighted by Crippen LogP contribution is -2.75. The van der Waals surface area contributed by atoms with Crippen LogP contribution in [-0.2, 0) is 27.1 Å². The SMILES string of the molecule is CC(C)(C)c1ccc(-c2cc(-c3ccccc3)c(N3c4ccc([Si](c5ccccc5)(c5ccccc5)c5ccccc5)cc4B4c5ccc(-n6c7ccc(C(C)(C)C)cc7c7cc(C(C)(C)C)ccc76)cc5N(c5c(-c6ccccc6)cc(-c6ccc(C(C)(C)C)cc6)cc5-c5ccccc5)c5cc(C(C)(C)C)cc3c54)c(-c3ccccc3)c2)cc1. The van der Waals surface area contributed by atoms with Gasteiger partial charge in [0.15, 0.2) is 8.07 Å². The molecule has 3 heterocycles. The van der Waals surface area contributed by atoms with Crippen molar-refractivity contribution < 1.29 is 0 Å². The highest BCUT2D eigenvalue weighted by molar-refractivity contribution is 7.20. The van der Waals surface area contributed by atoms with Crippen LogP contribution in [0.25, 0.3) is 94.3 Å². The highest BCUT2D eigenvalue weighted by Crippen LogP contribution is 2.56. The van der Waals surface area contributed by atoms with Crippen LogP contribution in [0.5, 0.6) is 0 Å². The van der Waals surface area contributed by atoms with E-state index >= 15 is 0 Å². The Labute approximate surface area is 718 Å².